The van der Waals surface area contributed by atoms with E-state index < -0.39 is 0 Å². The van der Waals surface area contributed by atoms with Crippen molar-refractivity contribution in [1.82, 2.24) is 10.6 Å². The SMILES string of the molecule is COCC[C@@H](CO)NC(=O)c1cc(NC[C@@H]2C[C@H](S)CN2)ccc1CCc1ccc(F)cc1. The summed E-state index contributed by atoms with van der Waals surface area (Å²) in [7, 11) is 1.59. The van der Waals surface area contributed by atoms with Gasteiger partial charge >= 0.3 is 0 Å². The van der Waals surface area contributed by atoms with Crippen LogP contribution in [0.15, 0.2) is 42.5 Å². The van der Waals surface area contributed by atoms with Gasteiger partial charge in [0.15, 0.2) is 0 Å². The van der Waals surface area contributed by atoms with Gasteiger partial charge in [0.25, 0.3) is 5.91 Å². The fraction of sp³-hybridized carbons (Fsp3) is 0.480. The number of hydrogen-bond donors (Lipinski definition) is 5. The summed E-state index contributed by atoms with van der Waals surface area (Å²) in [6.07, 6.45) is 2.86. The average Bonchev–Trinajstić information content (AvgIpc) is 3.25. The zero-order chi connectivity index (χ0) is 23.6. The molecule has 2 aromatic rings. The quantitative estimate of drug-likeness (QED) is 0.305. The van der Waals surface area contributed by atoms with Gasteiger partial charge < -0.3 is 25.8 Å². The number of anilines is 1. The van der Waals surface area contributed by atoms with Gasteiger partial charge in [-0.25, -0.2) is 4.39 Å². The molecule has 4 N–H and O–H groups in total. The van der Waals surface area contributed by atoms with Crippen molar-refractivity contribution >= 4 is 24.2 Å². The monoisotopic (exact) mass is 475 g/mol. The lowest BCUT2D eigenvalue weighted by atomic mass is 9.98. The third kappa shape index (κ3) is 7.99. The first-order valence-corrected chi connectivity index (χ1v) is 11.9. The van der Waals surface area contributed by atoms with Gasteiger partial charge in [0, 0.05) is 49.3 Å². The molecule has 1 aliphatic heterocycles. The van der Waals surface area contributed by atoms with Gasteiger partial charge in [0.2, 0.25) is 0 Å². The molecular weight excluding hydrogens is 441 g/mol. The van der Waals surface area contributed by atoms with Crippen molar-refractivity contribution in [2.24, 2.45) is 0 Å². The zero-order valence-electron chi connectivity index (χ0n) is 19.0. The molecule has 6 nitrogen and oxygen atoms in total. The van der Waals surface area contributed by atoms with E-state index in [1.54, 1.807) is 19.2 Å². The van der Waals surface area contributed by atoms with Crippen LogP contribution in [0.2, 0.25) is 0 Å². The summed E-state index contributed by atoms with van der Waals surface area (Å²) in [5.74, 6) is -0.487. The van der Waals surface area contributed by atoms with E-state index in [1.165, 1.54) is 12.1 Å². The van der Waals surface area contributed by atoms with Crippen molar-refractivity contribution in [3.05, 3.63) is 65.0 Å². The van der Waals surface area contributed by atoms with Crippen LogP contribution in [-0.4, -0.2) is 61.8 Å². The van der Waals surface area contributed by atoms with Crippen LogP contribution in [0.4, 0.5) is 10.1 Å². The fourth-order valence-electron chi connectivity index (χ4n) is 3.97. The van der Waals surface area contributed by atoms with Crippen LogP contribution >= 0.6 is 12.6 Å². The summed E-state index contributed by atoms with van der Waals surface area (Å²) in [6, 6.07) is 12.2. The summed E-state index contributed by atoms with van der Waals surface area (Å²) in [6.45, 7) is 1.94. The maximum atomic E-state index is 13.2. The number of thiol groups is 1. The van der Waals surface area contributed by atoms with Gasteiger partial charge in [0.05, 0.1) is 12.6 Å². The molecule has 3 atom stereocenters. The highest BCUT2D eigenvalue weighted by Crippen LogP contribution is 2.20. The molecule has 2 aromatic carbocycles. The van der Waals surface area contributed by atoms with E-state index in [0.29, 0.717) is 42.7 Å². The van der Waals surface area contributed by atoms with Crippen LogP contribution in [0.5, 0.6) is 0 Å². The van der Waals surface area contributed by atoms with Crippen LogP contribution in [-0.2, 0) is 17.6 Å². The highest BCUT2D eigenvalue weighted by molar-refractivity contribution is 7.81. The predicted molar refractivity (Wildman–Crippen MR) is 133 cm³/mol. The first-order chi connectivity index (χ1) is 16.0. The Morgan fingerprint density at radius 1 is 1.27 bits per heavy atom. The number of amides is 1. The van der Waals surface area contributed by atoms with E-state index in [4.69, 9.17) is 4.74 Å². The van der Waals surface area contributed by atoms with Crippen LogP contribution in [0.1, 0.15) is 34.3 Å². The van der Waals surface area contributed by atoms with Gasteiger partial charge in [-0.2, -0.15) is 12.6 Å². The number of benzene rings is 2. The van der Waals surface area contributed by atoms with Crippen molar-refractivity contribution in [2.45, 2.75) is 43.0 Å². The Labute approximate surface area is 200 Å². The van der Waals surface area contributed by atoms with E-state index in [-0.39, 0.29) is 24.4 Å². The Bertz CT molecular complexity index is 897. The molecule has 0 aliphatic carbocycles. The van der Waals surface area contributed by atoms with Crippen molar-refractivity contribution < 1.29 is 19.0 Å². The number of aliphatic hydroxyl groups is 1. The minimum Gasteiger partial charge on any atom is -0.394 e. The molecule has 1 aliphatic rings. The van der Waals surface area contributed by atoms with E-state index >= 15 is 0 Å². The molecule has 1 amide bonds. The first kappa shape index (κ1) is 25.5. The molecule has 3 rings (SSSR count). The number of rotatable bonds is 12. The number of methoxy groups -OCH3 is 1. The van der Waals surface area contributed by atoms with Crippen molar-refractivity contribution in [1.29, 1.82) is 0 Å². The van der Waals surface area contributed by atoms with E-state index in [1.807, 2.05) is 18.2 Å². The van der Waals surface area contributed by atoms with Crippen LogP contribution < -0.4 is 16.0 Å². The predicted octanol–water partition coefficient (Wildman–Crippen LogP) is 2.81. The molecule has 1 saturated heterocycles. The van der Waals surface area contributed by atoms with Crippen molar-refractivity contribution in [2.75, 3.05) is 38.7 Å². The number of halogens is 1. The number of carbonyl (C=O) groups is 1. The van der Waals surface area contributed by atoms with Crippen LogP contribution in [0, 0.1) is 5.82 Å². The number of hydrogen-bond acceptors (Lipinski definition) is 6. The lowest BCUT2D eigenvalue weighted by Crippen LogP contribution is -2.38. The van der Waals surface area contributed by atoms with Crippen molar-refractivity contribution in [3.8, 4) is 0 Å². The zero-order valence-corrected chi connectivity index (χ0v) is 19.9. The summed E-state index contributed by atoms with van der Waals surface area (Å²) in [5, 5.41) is 19.8. The molecule has 0 spiro atoms. The first-order valence-electron chi connectivity index (χ1n) is 11.4. The molecule has 0 aromatic heterocycles. The second kappa shape index (κ2) is 12.9. The molecule has 0 saturated carbocycles. The molecule has 1 heterocycles. The summed E-state index contributed by atoms with van der Waals surface area (Å²) >= 11 is 4.52. The molecule has 33 heavy (non-hydrogen) atoms. The highest BCUT2D eigenvalue weighted by atomic mass is 32.1. The largest absolute Gasteiger partial charge is 0.394 e. The lowest BCUT2D eigenvalue weighted by Gasteiger charge is -2.19. The number of carbonyl (C=O) groups excluding carboxylic acids is 1. The number of aryl methyl sites for hydroxylation is 2. The second-order valence-electron chi connectivity index (χ2n) is 8.51. The number of aliphatic hydroxyl groups excluding tert-OH is 1. The Kier molecular flexibility index (Phi) is 9.99. The maximum Gasteiger partial charge on any atom is 0.251 e. The van der Waals surface area contributed by atoms with Crippen molar-refractivity contribution in [3.63, 3.8) is 0 Å². The normalized spacial score (nSPS) is 18.8. The molecule has 0 bridgehead atoms. The smallest absolute Gasteiger partial charge is 0.251 e. The second-order valence-corrected chi connectivity index (χ2v) is 9.24. The third-order valence-electron chi connectivity index (χ3n) is 5.93. The van der Waals surface area contributed by atoms with Crippen LogP contribution in [0.25, 0.3) is 0 Å². The van der Waals surface area contributed by atoms with Crippen LogP contribution in [0.3, 0.4) is 0 Å². The number of nitrogens with one attached hydrogen (secondary N) is 3. The maximum absolute atomic E-state index is 13.2. The summed E-state index contributed by atoms with van der Waals surface area (Å²) in [5.41, 5.74) is 3.35. The van der Waals surface area contributed by atoms with Gasteiger partial charge in [0.1, 0.15) is 5.82 Å². The third-order valence-corrected chi connectivity index (χ3v) is 6.32. The van der Waals surface area contributed by atoms with E-state index in [9.17, 15) is 14.3 Å². The summed E-state index contributed by atoms with van der Waals surface area (Å²) in [4.78, 5) is 13.1. The average molecular weight is 476 g/mol. The minimum atomic E-state index is -0.381. The Morgan fingerprint density at radius 3 is 2.73 bits per heavy atom. The van der Waals surface area contributed by atoms with E-state index in [2.05, 4.69) is 28.6 Å². The Hall–Kier alpha value is -2.13. The molecular formula is C25H34FN3O3S. The van der Waals surface area contributed by atoms with Gasteiger partial charge in [-0.3, -0.25) is 4.79 Å². The topological polar surface area (TPSA) is 82.6 Å². The van der Waals surface area contributed by atoms with Gasteiger partial charge in [-0.1, -0.05) is 18.2 Å². The highest BCUT2D eigenvalue weighted by Gasteiger charge is 2.21. The number of ether oxygens (including phenoxy) is 1. The molecule has 8 heteroatoms. The molecule has 180 valence electrons. The standard InChI is InChI=1S/C25H34FN3O3S/c1-32-11-10-21(16-30)29-25(31)24-13-20(27-14-22-12-23(33)15-28-22)9-6-18(24)5-2-17-3-7-19(26)8-4-17/h3-4,6-9,13,21-23,27-28,30,33H,2,5,10-12,14-16H2,1H3,(H,29,31)/t21-,22-,23-/m0/s1. The summed E-state index contributed by atoms with van der Waals surface area (Å²) < 4.78 is 18.3. The lowest BCUT2D eigenvalue weighted by molar-refractivity contribution is 0.0894. The molecule has 0 unspecified atom stereocenters. The van der Waals surface area contributed by atoms with E-state index in [0.717, 1.165) is 36.3 Å². The Balaban J connectivity index is 1.73. The van der Waals surface area contributed by atoms with Gasteiger partial charge in [-0.15, -0.1) is 0 Å². The molecule has 1 fully saturated rings. The Morgan fingerprint density at radius 2 is 2.06 bits per heavy atom. The minimum absolute atomic E-state index is 0.157. The van der Waals surface area contributed by atoms with Gasteiger partial charge in [-0.05, 0) is 61.1 Å². The molecule has 0 radical (unpaired) electrons. The fourth-order valence-corrected chi connectivity index (χ4v) is 4.33.